The van der Waals surface area contributed by atoms with Crippen molar-refractivity contribution in [3.63, 3.8) is 0 Å². The second-order valence-corrected chi connectivity index (χ2v) is 9.57. The van der Waals surface area contributed by atoms with Crippen LogP contribution in [0.2, 0.25) is 0 Å². The van der Waals surface area contributed by atoms with Crippen LogP contribution < -0.4 is 15.4 Å². The summed E-state index contributed by atoms with van der Waals surface area (Å²) in [6.07, 6.45) is 6.34. The van der Waals surface area contributed by atoms with Crippen LogP contribution in [0, 0.1) is 5.92 Å². The summed E-state index contributed by atoms with van der Waals surface area (Å²) in [6, 6.07) is 15.2. The predicted octanol–water partition coefficient (Wildman–Crippen LogP) is 5.19. The van der Waals surface area contributed by atoms with E-state index in [4.69, 9.17) is 4.74 Å². The number of para-hydroxylation sites is 1. The van der Waals surface area contributed by atoms with Gasteiger partial charge in [-0.3, -0.25) is 9.59 Å². The van der Waals surface area contributed by atoms with Gasteiger partial charge in [0.2, 0.25) is 5.91 Å². The first-order valence-corrected chi connectivity index (χ1v) is 12.5. The predicted molar refractivity (Wildman–Crippen MR) is 130 cm³/mol. The molecule has 1 aliphatic rings. The fourth-order valence-electron chi connectivity index (χ4n) is 3.91. The van der Waals surface area contributed by atoms with Crippen LogP contribution in [0.1, 0.15) is 61.9 Å². The van der Waals surface area contributed by atoms with Gasteiger partial charge in [-0.15, -0.1) is 11.8 Å². The topological polar surface area (TPSA) is 67.4 Å². The molecule has 0 radical (unpaired) electrons. The van der Waals surface area contributed by atoms with E-state index in [0.717, 1.165) is 22.8 Å². The minimum Gasteiger partial charge on any atom is -0.491 e. The third kappa shape index (κ3) is 7.59. The number of carbonyl (C=O) groups is 2. The molecule has 2 amide bonds. The Bertz CT molecular complexity index is 894. The summed E-state index contributed by atoms with van der Waals surface area (Å²) in [5.74, 6) is 1.56. The number of amides is 2. The first-order chi connectivity index (χ1) is 15.5. The van der Waals surface area contributed by atoms with Crippen LogP contribution in [-0.4, -0.2) is 30.2 Å². The molecule has 3 rings (SSSR count). The van der Waals surface area contributed by atoms with Crippen LogP contribution in [0.5, 0.6) is 5.75 Å². The Balaban J connectivity index is 1.53. The number of hydrogen-bond acceptors (Lipinski definition) is 4. The van der Waals surface area contributed by atoms with Crippen LogP contribution in [-0.2, 0) is 11.3 Å². The van der Waals surface area contributed by atoms with Gasteiger partial charge in [-0.25, -0.2) is 0 Å². The highest BCUT2D eigenvalue weighted by molar-refractivity contribution is 8.00. The van der Waals surface area contributed by atoms with Gasteiger partial charge in [0.1, 0.15) is 5.75 Å². The van der Waals surface area contributed by atoms with Crippen LogP contribution in [0.3, 0.4) is 0 Å². The van der Waals surface area contributed by atoms with Crippen LogP contribution in [0.4, 0.5) is 0 Å². The van der Waals surface area contributed by atoms with Gasteiger partial charge >= 0.3 is 0 Å². The molecule has 2 aromatic rings. The highest BCUT2D eigenvalue weighted by Crippen LogP contribution is 2.25. The molecule has 0 spiro atoms. The minimum absolute atomic E-state index is 0.0237. The van der Waals surface area contributed by atoms with E-state index in [-0.39, 0.29) is 17.9 Å². The first-order valence-electron chi connectivity index (χ1n) is 11.5. The summed E-state index contributed by atoms with van der Waals surface area (Å²) in [5, 5.41) is 6.06. The summed E-state index contributed by atoms with van der Waals surface area (Å²) >= 11 is 1.41. The van der Waals surface area contributed by atoms with E-state index in [1.54, 1.807) is 6.07 Å². The van der Waals surface area contributed by atoms with Gasteiger partial charge < -0.3 is 15.4 Å². The number of nitrogens with one attached hydrogen (secondary N) is 2. The maximum absolute atomic E-state index is 12.9. The zero-order valence-electron chi connectivity index (χ0n) is 19.1. The molecule has 1 aliphatic carbocycles. The van der Waals surface area contributed by atoms with Gasteiger partial charge in [0.15, 0.2) is 0 Å². The molecule has 0 aliphatic heterocycles. The molecule has 172 valence electrons. The number of carbonyl (C=O) groups excluding carboxylic acids is 2. The maximum atomic E-state index is 12.9. The van der Waals surface area contributed by atoms with E-state index in [1.165, 1.54) is 43.9 Å². The van der Waals surface area contributed by atoms with Crippen molar-refractivity contribution in [2.24, 2.45) is 5.92 Å². The normalized spacial score (nSPS) is 14.2. The molecule has 2 aromatic carbocycles. The molecular formula is C26H34N2O3S. The average molecular weight is 455 g/mol. The first kappa shape index (κ1) is 24.2. The Hall–Kier alpha value is -2.47. The number of ether oxygens (including phenoxy) is 1. The number of rotatable bonds is 10. The molecule has 1 saturated carbocycles. The molecule has 0 bridgehead atoms. The molecule has 0 saturated heterocycles. The van der Waals surface area contributed by atoms with Crippen molar-refractivity contribution >= 4 is 23.6 Å². The lowest BCUT2D eigenvalue weighted by molar-refractivity contribution is -0.118. The smallest absolute Gasteiger partial charge is 0.252 e. The Labute approximate surface area is 195 Å². The Morgan fingerprint density at radius 1 is 1.00 bits per heavy atom. The molecule has 5 nitrogen and oxygen atoms in total. The van der Waals surface area contributed by atoms with Crippen molar-refractivity contribution in [3.05, 3.63) is 59.7 Å². The Morgan fingerprint density at radius 2 is 1.72 bits per heavy atom. The average Bonchev–Trinajstić information content (AvgIpc) is 2.81. The zero-order chi connectivity index (χ0) is 22.8. The summed E-state index contributed by atoms with van der Waals surface area (Å²) in [7, 11) is 0. The SMILES string of the molecule is CC(C)Oc1ccccc1CNC(=O)c1ccccc1SCC(=O)NCC1CCCCC1. The van der Waals surface area contributed by atoms with Gasteiger partial charge in [-0.2, -0.15) is 0 Å². The Kier molecular flexibility index (Phi) is 9.47. The maximum Gasteiger partial charge on any atom is 0.252 e. The largest absolute Gasteiger partial charge is 0.491 e. The molecule has 0 aromatic heterocycles. The van der Waals surface area contributed by atoms with Crippen molar-refractivity contribution in [3.8, 4) is 5.75 Å². The number of thioether (sulfide) groups is 1. The van der Waals surface area contributed by atoms with Gasteiger partial charge in [-0.05, 0) is 50.8 Å². The molecule has 0 atom stereocenters. The van der Waals surface area contributed by atoms with Crippen LogP contribution >= 0.6 is 11.8 Å². The van der Waals surface area contributed by atoms with E-state index in [9.17, 15) is 9.59 Å². The van der Waals surface area contributed by atoms with Gasteiger partial charge in [0, 0.05) is 23.5 Å². The third-order valence-corrected chi connectivity index (χ3v) is 6.65. The van der Waals surface area contributed by atoms with E-state index >= 15 is 0 Å². The fraction of sp³-hybridized carbons (Fsp3) is 0.462. The quantitative estimate of drug-likeness (QED) is 0.485. The van der Waals surface area contributed by atoms with Crippen molar-refractivity contribution in [1.82, 2.24) is 10.6 Å². The molecule has 0 heterocycles. The molecule has 32 heavy (non-hydrogen) atoms. The molecule has 0 unspecified atom stereocenters. The van der Waals surface area contributed by atoms with E-state index in [2.05, 4.69) is 10.6 Å². The summed E-state index contributed by atoms with van der Waals surface area (Å²) in [4.78, 5) is 26.0. The van der Waals surface area contributed by atoms with Crippen LogP contribution in [0.15, 0.2) is 53.4 Å². The molecule has 1 fully saturated rings. The molecule has 2 N–H and O–H groups in total. The van der Waals surface area contributed by atoms with E-state index < -0.39 is 0 Å². The van der Waals surface area contributed by atoms with Crippen molar-refractivity contribution in [2.75, 3.05) is 12.3 Å². The van der Waals surface area contributed by atoms with Crippen molar-refractivity contribution in [2.45, 2.75) is 63.5 Å². The standard InChI is InChI=1S/C26H34N2O3S/c1-19(2)31-23-14-8-6-12-21(23)17-28-26(30)22-13-7-9-15-24(22)32-18-25(29)27-16-20-10-4-3-5-11-20/h6-9,12-15,19-20H,3-5,10-11,16-18H2,1-2H3,(H,27,29)(H,28,30). The highest BCUT2D eigenvalue weighted by Gasteiger charge is 2.16. The van der Waals surface area contributed by atoms with Gasteiger partial charge in [0.25, 0.3) is 5.91 Å². The number of benzene rings is 2. The second kappa shape index (κ2) is 12.5. The molecule has 6 heteroatoms. The van der Waals surface area contributed by atoms with Gasteiger partial charge in [-0.1, -0.05) is 49.6 Å². The van der Waals surface area contributed by atoms with Crippen LogP contribution in [0.25, 0.3) is 0 Å². The summed E-state index contributed by atoms with van der Waals surface area (Å²) < 4.78 is 5.84. The van der Waals surface area contributed by atoms with Crippen molar-refractivity contribution in [1.29, 1.82) is 0 Å². The summed E-state index contributed by atoms with van der Waals surface area (Å²) in [5.41, 5.74) is 1.52. The minimum atomic E-state index is -0.157. The van der Waals surface area contributed by atoms with E-state index in [1.807, 2.05) is 56.3 Å². The third-order valence-electron chi connectivity index (χ3n) is 5.58. The lowest BCUT2D eigenvalue weighted by Crippen LogP contribution is -2.31. The highest BCUT2D eigenvalue weighted by atomic mass is 32.2. The fourth-order valence-corrected chi connectivity index (χ4v) is 4.79. The second-order valence-electron chi connectivity index (χ2n) is 8.55. The van der Waals surface area contributed by atoms with Crippen molar-refractivity contribution < 1.29 is 14.3 Å². The lowest BCUT2D eigenvalue weighted by atomic mass is 9.89. The Morgan fingerprint density at radius 3 is 2.50 bits per heavy atom. The van der Waals surface area contributed by atoms with E-state index in [0.29, 0.717) is 23.8 Å². The molecular weight excluding hydrogens is 420 g/mol. The monoisotopic (exact) mass is 454 g/mol. The number of hydrogen-bond donors (Lipinski definition) is 2. The summed E-state index contributed by atoms with van der Waals surface area (Å²) in [6.45, 7) is 5.10. The zero-order valence-corrected chi connectivity index (χ0v) is 19.9. The van der Waals surface area contributed by atoms with Gasteiger partial charge in [0.05, 0.1) is 17.4 Å². The lowest BCUT2D eigenvalue weighted by Gasteiger charge is -2.21.